The molecule has 18 heavy (non-hydrogen) atoms. The molecule has 5 nitrogen and oxygen atoms in total. The number of carbonyl (C=O) groups excluding carboxylic acids is 2. The standard InChI is InChI=1S/C13H23NO4/c1-3-4-9-18-12(15)10-14-7-5-11(6-8-14)13(16)17-2/h11H,3-10H2,1-2H3. The quantitative estimate of drug-likeness (QED) is 0.529. The second-order valence-corrected chi connectivity index (χ2v) is 4.65. The summed E-state index contributed by atoms with van der Waals surface area (Å²) in [4.78, 5) is 24.9. The Labute approximate surface area is 108 Å². The Morgan fingerprint density at radius 3 is 2.50 bits per heavy atom. The van der Waals surface area contributed by atoms with Gasteiger partial charge in [-0.3, -0.25) is 14.5 Å². The molecule has 1 saturated heterocycles. The normalized spacial score (nSPS) is 17.4. The molecule has 0 saturated carbocycles. The predicted molar refractivity (Wildman–Crippen MR) is 67.0 cm³/mol. The van der Waals surface area contributed by atoms with Crippen LogP contribution in [0, 0.1) is 5.92 Å². The lowest BCUT2D eigenvalue weighted by molar-refractivity contribution is -0.148. The fourth-order valence-electron chi connectivity index (χ4n) is 2.05. The fraction of sp³-hybridized carbons (Fsp3) is 0.846. The number of ether oxygens (including phenoxy) is 2. The van der Waals surface area contributed by atoms with Gasteiger partial charge in [0.2, 0.25) is 0 Å². The lowest BCUT2D eigenvalue weighted by Crippen LogP contribution is -2.40. The van der Waals surface area contributed by atoms with Crippen LogP contribution in [0.25, 0.3) is 0 Å². The van der Waals surface area contributed by atoms with Crippen molar-refractivity contribution in [2.45, 2.75) is 32.6 Å². The highest BCUT2D eigenvalue weighted by Gasteiger charge is 2.26. The highest BCUT2D eigenvalue weighted by Crippen LogP contribution is 2.18. The molecule has 5 heteroatoms. The molecule has 0 bridgehead atoms. The van der Waals surface area contributed by atoms with Gasteiger partial charge in [-0.25, -0.2) is 0 Å². The van der Waals surface area contributed by atoms with Gasteiger partial charge in [-0.15, -0.1) is 0 Å². The molecule has 1 heterocycles. The molecule has 0 atom stereocenters. The van der Waals surface area contributed by atoms with Gasteiger partial charge in [0.1, 0.15) is 0 Å². The molecule has 0 aromatic carbocycles. The summed E-state index contributed by atoms with van der Waals surface area (Å²) in [6, 6.07) is 0. The van der Waals surface area contributed by atoms with Gasteiger partial charge in [-0.1, -0.05) is 13.3 Å². The van der Waals surface area contributed by atoms with Crippen molar-refractivity contribution in [2.75, 3.05) is 33.4 Å². The molecule has 0 spiro atoms. The van der Waals surface area contributed by atoms with Gasteiger partial charge in [0.05, 0.1) is 26.2 Å². The van der Waals surface area contributed by atoms with Crippen molar-refractivity contribution in [1.82, 2.24) is 4.90 Å². The maximum absolute atomic E-state index is 11.5. The van der Waals surface area contributed by atoms with Gasteiger partial charge < -0.3 is 9.47 Å². The smallest absolute Gasteiger partial charge is 0.320 e. The molecule has 0 amide bonds. The van der Waals surface area contributed by atoms with E-state index in [0.29, 0.717) is 13.2 Å². The lowest BCUT2D eigenvalue weighted by Gasteiger charge is -2.29. The zero-order valence-corrected chi connectivity index (χ0v) is 11.3. The molecule has 1 fully saturated rings. The molecule has 0 N–H and O–H groups in total. The fourth-order valence-corrected chi connectivity index (χ4v) is 2.05. The van der Waals surface area contributed by atoms with Crippen LogP contribution in [0.15, 0.2) is 0 Å². The monoisotopic (exact) mass is 257 g/mol. The van der Waals surface area contributed by atoms with E-state index in [4.69, 9.17) is 9.47 Å². The Morgan fingerprint density at radius 1 is 1.28 bits per heavy atom. The number of hydrogen-bond acceptors (Lipinski definition) is 5. The van der Waals surface area contributed by atoms with Crippen LogP contribution in [0.4, 0.5) is 0 Å². The number of piperidine rings is 1. The highest BCUT2D eigenvalue weighted by atomic mass is 16.5. The van der Waals surface area contributed by atoms with E-state index in [-0.39, 0.29) is 17.9 Å². The van der Waals surface area contributed by atoms with Crippen molar-refractivity contribution in [3.8, 4) is 0 Å². The second-order valence-electron chi connectivity index (χ2n) is 4.65. The molecule has 1 aliphatic heterocycles. The summed E-state index contributed by atoms with van der Waals surface area (Å²) in [5.74, 6) is -0.317. The molecular weight excluding hydrogens is 234 g/mol. The van der Waals surface area contributed by atoms with Gasteiger partial charge in [-0.2, -0.15) is 0 Å². The molecule has 1 rings (SSSR count). The minimum absolute atomic E-state index is 0.0117. The van der Waals surface area contributed by atoms with Crippen LogP contribution in [-0.4, -0.2) is 50.2 Å². The molecule has 0 aromatic rings. The molecule has 1 aliphatic rings. The van der Waals surface area contributed by atoms with Crippen LogP contribution in [0.5, 0.6) is 0 Å². The summed E-state index contributed by atoms with van der Waals surface area (Å²) >= 11 is 0. The van der Waals surface area contributed by atoms with E-state index < -0.39 is 0 Å². The van der Waals surface area contributed by atoms with Gasteiger partial charge in [0, 0.05) is 0 Å². The van der Waals surface area contributed by atoms with Crippen LogP contribution in [0.3, 0.4) is 0 Å². The summed E-state index contributed by atoms with van der Waals surface area (Å²) in [6.45, 7) is 4.41. The molecule has 0 radical (unpaired) electrons. The van der Waals surface area contributed by atoms with E-state index in [2.05, 4.69) is 6.92 Å². The average Bonchev–Trinajstić information content (AvgIpc) is 2.39. The van der Waals surface area contributed by atoms with Crippen LogP contribution >= 0.6 is 0 Å². The lowest BCUT2D eigenvalue weighted by atomic mass is 9.97. The Bertz CT molecular complexity index is 272. The van der Waals surface area contributed by atoms with Gasteiger partial charge in [0.25, 0.3) is 0 Å². The molecule has 0 unspecified atom stereocenters. The molecule has 104 valence electrons. The van der Waals surface area contributed by atoms with E-state index in [1.54, 1.807) is 0 Å². The first-order valence-corrected chi connectivity index (χ1v) is 6.63. The Balaban J connectivity index is 2.18. The van der Waals surface area contributed by atoms with Crippen molar-refractivity contribution in [3.05, 3.63) is 0 Å². The Morgan fingerprint density at radius 2 is 1.94 bits per heavy atom. The molecular formula is C13H23NO4. The Hall–Kier alpha value is -1.10. The van der Waals surface area contributed by atoms with Crippen molar-refractivity contribution in [2.24, 2.45) is 5.92 Å². The molecule has 0 aromatic heterocycles. The number of hydrogen-bond donors (Lipinski definition) is 0. The topological polar surface area (TPSA) is 55.8 Å². The number of unbranched alkanes of at least 4 members (excludes halogenated alkanes) is 1. The van der Waals surface area contributed by atoms with Crippen molar-refractivity contribution in [1.29, 1.82) is 0 Å². The number of carbonyl (C=O) groups is 2. The second kappa shape index (κ2) is 8.08. The first kappa shape index (κ1) is 15.0. The van der Waals surface area contributed by atoms with Crippen molar-refractivity contribution in [3.63, 3.8) is 0 Å². The summed E-state index contributed by atoms with van der Waals surface area (Å²) < 4.78 is 9.83. The predicted octanol–water partition coefficient (Wildman–Crippen LogP) is 1.21. The third kappa shape index (κ3) is 5.04. The maximum atomic E-state index is 11.5. The summed E-state index contributed by atoms with van der Waals surface area (Å²) in [5.41, 5.74) is 0. The van der Waals surface area contributed by atoms with E-state index in [0.717, 1.165) is 38.8 Å². The minimum atomic E-state index is -0.167. The SMILES string of the molecule is CCCCOC(=O)CN1CCC(C(=O)OC)CC1. The average molecular weight is 257 g/mol. The third-order valence-corrected chi connectivity index (χ3v) is 3.24. The van der Waals surface area contributed by atoms with Crippen LogP contribution in [-0.2, 0) is 19.1 Å². The minimum Gasteiger partial charge on any atom is -0.469 e. The van der Waals surface area contributed by atoms with Crippen LogP contribution in [0.2, 0.25) is 0 Å². The molecule has 0 aliphatic carbocycles. The van der Waals surface area contributed by atoms with Crippen molar-refractivity contribution < 1.29 is 19.1 Å². The first-order valence-electron chi connectivity index (χ1n) is 6.63. The van der Waals surface area contributed by atoms with E-state index in [9.17, 15) is 9.59 Å². The van der Waals surface area contributed by atoms with Crippen molar-refractivity contribution >= 4 is 11.9 Å². The maximum Gasteiger partial charge on any atom is 0.320 e. The number of rotatable bonds is 6. The number of nitrogens with zero attached hydrogens (tertiary/aromatic N) is 1. The van der Waals surface area contributed by atoms with Crippen LogP contribution < -0.4 is 0 Å². The zero-order valence-electron chi connectivity index (χ0n) is 11.3. The van der Waals surface area contributed by atoms with Gasteiger partial charge >= 0.3 is 11.9 Å². The largest absolute Gasteiger partial charge is 0.469 e. The third-order valence-electron chi connectivity index (χ3n) is 3.24. The zero-order chi connectivity index (χ0) is 13.4. The number of esters is 2. The van der Waals surface area contributed by atoms with Gasteiger partial charge in [0.15, 0.2) is 0 Å². The summed E-state index contributed by atoms with van der Waals surface area (Å²) in [5, 5.41) is 0. The Kier molecular flexibility index (Phi) is 6.72. The summed E-state index contributed by atoms with van der Waals surface area (Å²) in [7, 11) is 1.42. The van der Waals surface area contributed by atoms with E-state index in [1.807, 2.05) is 4.90 Å². The number of methoxy groups -OCH3 is 1. The summed E-state index contributed by atoms with van der Waals surface area (Å²) in [6.07, 6.45) is 3.46. The van der Waals surface area contributed by atoms with E-state index >= 15 is 0 Å². The van der Waals surface area contributed by atoms with Crippen LogP contribution in [0.1, 0.15) is 32.6 Å². The first-order chi connectivity index (χ1) is 8.67. The number of likely N-dealkylation sites (tertiary alicyclic amines) is 1. The van der Waals surface area contributed by atoms with E-state index in [1.165, 1.54) is 7.11 Å². The van der Waals surface area contributed by atoms with Gasteiger partial charge in [-0.05, 0) is 32.4 Å². The highest BCUT2D eigenvalue weighted by molar-refractivity contribution is 5.73.